The fourth-order valence-corrected chi connectivity index (χ4v) is 3.00. The van der Waals surface area contributed by atoms with Crippen molar-refractivity contribution in [3.63, 3.8) is 0 Å². The molecule has 25 heavy (non-hydrogen) atoms. The summed E-state index contributed by atoms with van der Waals surface area (Å²) in [5.41, 5.74) is 2.01. The van der Waals surface area contributed by atoms with Crippen LogP contribution in [0.5, 0.6) is 5.75 Å². The first-order valence-electron chi connectivity index (χ1n) is 7.22. The Kier molecular flexibility index (Phi) is 4.30. The van der Waals surface area contributed by atoms with Crippen LogP contribution in [0.4, 0.5) is 5.69 Å². The second-order valence-electron chi connectivity index (χ2n) is 5.20. The zero-order valence-corrected chi connectivity index (χ0v) is 13.6. The topological polar surface area (TPSA) is 107 Å². The van der Waals surface area contributed by atoms with Gasteiger partial charge in [-0.05, 0) is 23.6 Å². The molecule has 0 saturated carbocycles. The predicted octanol–water partition coefficient (Wildman–Crippen LogP) is 2.50. The Morgan fingerprint density at radius 2 is 1.56 bits per heavy atom. The Morgan fingerprint density at radius 3 is 2.24 bits per heavy atom. The first kappa shape index (κ1) is 16.7. The molecule has 0 fully saturated rings. The van der Waals surface area contributed by atoms with Gasteiger partial charge in [0.1, 0.15) is 5.75 Å². The third-order valence-electron chi connectivity index (χ3n) is 3.57. The number of rotatable bonds is 4. The van der Waals surface area contributed by atoms with Gasteiger partial charge in [-0.2, -0.15) is 12.8 Å². The fourth-order valence-electron chi connectivity index (χ4n) is 2.41. The minimum absolute atomic E-state index is 0.0404. The van der Waals surface area contributed by atoms with Crippen molar-refractivity contribution in [2.45, 2.75) is 0 Å². The van der Waals surface area contributed by atoms with Gasteiger partial charge in [-0.3, -0.25) is 9.35 Å². The number of hydrazine groups is 1. The molecule has 0 unspecified atom stereocenters. The molecule has 3 N–H and O–H groups in total. The highest BCUT2D eigenvalue weighted by molar-refractivity contribution is 7.87. The molecule has 7 nitrogen and oxygen atoms in total. The van der Waals surface area contributed by atoms with Gasteiger partial charge >= 0.3 is 10.3 Å². The normalized spacial score (nSPS) is 11.2. The van der Waals surface area contributed by atoms with Crippen LogP contribution in [0.3, 0.4) is 0 Å². The molecule has 3 aromatic rings. The van der Waals surface area contributed by atoms with Gasteiger partial charge in [0.05, 0.1) is 11.3 Å². The van der Waals surface area contributed by atoms with Gasteiger partial charge in [0.2, 0.25) is 0 Å². The second kappa shape index (κ2) is 6.42. The van der Waals surface area contributed by atoms with Crippen LogP contribution >= 0.6 is 0 Å². The first-order valence-corrected chi connectivity index (χ1v) is 8.62. The van der Waals surface area contributed by atoms with Crippen molar-refractivity contribution in [2.75, 3.05) is 4.41 Å². The van der Waals surface area contributed by atoms with E-state index in [0.717, 1.165) is 5.39 Å². The number of amides is 1. The summed E-state index contributed by atoms with van der Waals surface area (Å²) in [5, 5.41) is 11.5. The number of carbonyl (C=O) groups is 1. The molecule has 0 aliphatic rings. The molecule has 0 aromatic heterocycles. The minimum Gasteiger partial charge on any atom is -0.506 e. The van der Waals surface area contributed by atoms with Crippen molar-refractivity contribution in [1.82, 2.24) is 5.43 Å². The summed E-state index contributed by atoms with van der Waals surface area (Å²) in [5.74, 6) is -1.16. The molecule has 3 aromatic carbocycles. The molecule has 0 aliphatic carbocycles. The second-order valence-corrected chi connectivity index (χ2v) is 6.46. The highest BCUT2D eigenvalue weighted by atomic mass is 32.2. The van der Waals surface area contributed by atoms with E-state index in [1.165, 1.54) is 18.2 Å². The lowest BCUT2D eigenvalue weighted by molar-refractivity contribution is 0.0952. The molecule has 8 heteroatoms. The van der Waals surface area contributed by atoms with E-state index in [4.69, 9.17) is 0 Å². The number of hydrogen-bond donors (Lipinski definition) is 3. The summed E-state index contributed by atoms with van der Waals surface area (Å²) in [4.78, 5) is 12.5. The Morgan fingerprint density at radius 1 is 0.920 bits per heavy atom. The van der Waals surface area contributed by atoms with Crippen molar-refractivity contribution < 1.29 is 22.9 Å². The highest BCUT2D eigenvalue weighted by Crippen LogP contribution is 2.28. The van der Waals surface area contributed by atoms with Gasteiger partial charge in [0, 0.05) is 5.39 Å². The van der Waals surface area contributed by atoms with E-state index in [2.05, 4.69) is 5.43 Å². The van der Waals surface area contributed by atoms with Gasteiger partial charge in [0.15, 0.2) is 0 Å². The van der Waals surface area contributed by atoms with E-state index >= 15 is 0 Å². The van der Waals surface area contributed by atoms with Crippen molar-refractivity contribution in [3.8, 4) is 5.75 Å². The van der Waals surface area contributed by atoms with E-state index in [0.29, 0.717) is 9.80 Å². The molecular formula is C17H14N2O5S. The summed E-state index contributed by atoms with van der Waals surface area (Å²) in [6.07, 6.45) is 0. The van der Waals surface area contributed by atoms with Gasteiger partial charge in [-0.25, -0.2) is 5.43 Å². The number of nitrogens with one attached hydrogen (secondary N) is 1. The summed E-state index contributed by atoms with van der Waals surface area (Å²) in [6.45, 7) is 0. The van der Waals surface area contributed by atoms with Gasteiger partial charge < -0.3 is 5.11 Å². The van der Waals surface area contributed by atoms with Crippen LogP contribution in [0.2, 0.25) is 0 Å². The summed E-state index contributed by atoms with van der Waals surface area (Å²) in [6, 6.07) is 17.5. The molecule has 0 saturated heterocycles. The lowest BCUT2D eigenvalue weighted by atomic mass is 10.1. The molecule has 0 aliphatic heterocycles. The summed E-state index contributed by atoms with van der Waals surface area (Å²) in [7, 11) is -4.76. The van der Waals surface area contributed by atoms with Crippen LogP contribution in [-0.2, 0) is 10.3 Å². The number of benzene rings is 3. The maximum atomic E-state index is 12.5. The number of anilines is 1. The molecule has 0 atom stereocenters. The molecule has 0 radical (unpaired) electrons. The van der Waals surface area contributed by atoms with Crippen molar-refractivity contribution >= 4 is 32.7 Å². The van der Waals surface area contributed by atoms with Crippen LogP contribution in [-0.4, -0.2) is 24.0 Å². The number of phenols is 1. The van der Waals surface area contributed by atoms with Crippen LogP contribution < -0.4 is 9.84 Å². The third-order valence-corrected chi connectivity index (χ3v) is 4.33. The predicted molar refractivity (Wildman–Crippen MR) is 93.5 cm³/mol. The minimum atomic E-state index is -4.76. The Balaban J connectivity index is 1.99. The van der Waals surface area contributed by atoms with E-state index in [-0.39, 0.29) is 17.0 Å². The molecule has 0 spiro atoms. The number of hydrogen-bond acceptors (Lipinski definition) is 4. The quantitative estimate of drug-likeness (QED) is 0.491. The Labute approximate surface area is 144 Å². The van der Waals surface area contributed by atoms with Gasteiger partial charge in [-0.1, -0.05) is 48.5 Å². The SMILES string of the molecule is O=C(NN(c1ccccc1)S(=O)(=O)O)c1ccc2ccccc2c1O. The van der Waals surface area contributed by atoms with Crippen molar-refractivity contribution in [2.24, 2.45) is 0 Å². The van der Waals surface area contributed by atoms with E-state index in [1.807, 2.05) is 0 Å². The maximum absolute atomic E-state index is 12.5. The van der Waals surface area contributed by atoms with E-state index in [9.17, 15) is 22.9 Å². The zero-order valence-electron chi connectivity index (χ0n) is 12.8. The molecular weight excluding hydrogens is 344 g/mol. The standard InChI is InChI=1S/C17H14N2O5S/c20-16-14-9-5-4-6-12(14)10-11-15(16)17(21)18-19(25(22,23)24)13-7-2-1-3-8-13/h1-11,20H,(H,18,21)(H,22,23,24). The highest BCUT2D eigenvalue weighted by Gasteiger charge is 2.24. The van der Waals surface area contributed by atoms with Crippen LogP contribution in [0.1, 0.15) is 10.4 Å². The molecule has 1 amide bonds. The monoisotopic (exact) mass is 358 g/mol. The number of para-hydroxylation sites is 1. The van der Waals surface area contributed by atoms with Crippen molar-refractivity contribution in [3.05, 3.63) is 72.3 Å². The van der Waals surface area contributed by atoms with Crippen LogP contribution in [0.25, 0.3) is 10.8 Å². The zero-order chi connectivity index (χ0) is 18.0. The molecule has 0 bridgehead atoms. The number of aromatic hydroxyl groups is 1. The number of nitrogens with zero attached hydrogens (tertiary/aromatic N) is 1. The fraction of sp³-hybridized carbons (Fsp3) is 0. The number of fused-ring (bicyclic) bond motifs is 1. The van der Waals surface area contributed by atoms with Gasteiger partial charge in [-0.15, -0.1) is 0 Å². The average molecular weight is 358 g/mol. The largest absolute Gasteiger partial charge is 0.506 e. The van der Waals surface area contributed by atoms with Crippen LogP contribution in [0.15, 0.2) is 66.7 Å². The Bertz CT molecular complexity index is 1040. The van der Waals surface area contributed by atoms with E-state index in [1.54, 1.807) is 48.5 Å². The summed E-state index contributed by atoms with van der Waals surface area (Å²) >= 11 is 0. The maximum Gasteiger partial charge on any atom is 0.377 e. The van der Waals surface area contributed by atoms with Gasteiger partial charge in [0.25, 0.3) is 5.91 Å². The third kappa shape index (κ3) is 3.39. The first-order chi connectivity index (χ1) is 11.9. The smallest absolute Gasteiger partial charge is 0.377 e. The lowest BCUT2D eigenvalue weighted by Crippen LogP contribution is -2.46. The lowest BCUT2D eigenvalue weighted by Gasteiger charge is -2.21. The van der Waals surface area contributed by atoms with Crippen molar-refractivity contribution in [1.29, 1.82) is 0 Å². The number of carbonyl (C=O) groups excluding carboxylic acids is 1. The molecule has 128 valence electrons. The Hall–Kier alpha value is -3.10. The van der Waals surface area contributed by atoms with E-state index < -0.39 is 16.2 Å². The number of phenolic OH excluding ortho intramolecular Hbond substituents is 1. The van der Waals surface area contributed by atoms with Crippen LogP contribution in [0, 0.1) is 0 Å². The summed E-state index contributed by atoms with van der Waals surface area (Å²) < 4.78 is 32.9. The molecule has 0 heterocycles. The molecule has 3 rings (SSSR count). The average Bonchev–Trinajstić information content (AvgIpc) is 2.60.